The molecule has 0 spiro atoms. The molecule has 4 nitrogen and oxygen atoms in total. The van der Waals surface area contributed by atoms with Crippen molar-refractivity contribution in [3.05, 3.63) is 23.6 Å². The van der Waals surface area contributed by atoms with Gasteiger partial charge in [-0.05, 0) is 33.3 Å². The Bertz CT molecular complexity index is 459. The fourth-order valence-electron chi connectivity index (χ4n) is 2.36. The minimum Gasteiger partial charge on any atom is -0.380 e. The second-order valence-electron chi connectivity index (χ2n) is 6.33. The zero-order valence-corrected chi connectivity index (χ0v) is 12.7. The molecule has 1 aliphatic heterocycles. The number of pyridine rings is 1. The summed E-state index contributed by atoms with van der Waals surface area (Å²) >= 11 is 0. The lowest BCUT2D eigenvalue weighted by atomic mass is 10.1. The molecule has 1 unspecified atom stereocenters. The molecule has 1 aromatic heterocycles. The summed E-state index contributed by atoms with van der Waals surface area (Å²) in [6.45, 7) is 8.61. The van der Waals surface area contributed by atoms with Gasteiger partial charge in [0.1, 0.15) is 11.6 Å². The summed E-state index contributed by atoms with van der Waals surface area (Å²) in [4.78, 5) is 6.46. The summed E-state index contributed by atoms with van der Waals surface area (Å²) in [6.07, 6.45) is 2.52. The molecule has 20 heavy (non-hydrogen) atoms. The van der Waals surface area contributed by atoms with Crippen LogP contribution in [-0.4, -0.2) is 36.8 Å². The van der Waals surface area contributed by atoms with Gasteiger partial charge in [-0.25, -0.2) is 9.37 Å². The molecule has 0 saturated carbocycles. The molecule has 1 aliphatic rings. The monoisotopic (exact) mass is 281 g/mol. The Kier molecular flexibility index (Phi) is 4.60. The predicted molar refractivity (Wildman–Crippen MR) is 78.4 cm³/mol. The van der Waals surface area contributed by atoms with Crippen LogP contribution in [0.3, 0.4) is 0 Å². The normalized spacial score (nSPS) is 19.6. The molecule has 0 bridgehead atoms. The van der Waals surface area contributed by atoms with Crippen LogP contribution in [0.15, 0.2) is 12.3 Å². The van der Waals surface area contributed by atoms with Crippen LogP contribution in [0.4, 0.5) is 10.2 Å². The van der Waals surface area contributed by atoms with Crippen LogP contribution in [0.2, 0.25) is 0 Å². The molecule has 0 aromatic carbocycles. The number of aromatic nitrogens is 1. The minimum atomic E-state index is -0.290. The number of halogens is 1. The van der Waals surface area contributed by atoms with E-state index in [4.69, 9.17) is 4.74 Å². The van der Waals surface area contributed by atoms with Gasteiger partial charge in [0.25, 0.3) is 0 Å². The lowest BCUT2D eigenvalue weighted by Crippen LogP contribution is -2.36. The quantitative estimate of drug-likeness (QED) is 0.919. The van der Waals surface area contributed by atoms with Crippen LogP contribution in [0, 0.1) is 5.82 Å². The molecule has 2 rings (SSSR count). The summed E-state index contributed by atoms with van der Waals surface area (Å²) in [5.41, 5.74) is 0.889. The number of methoxy groups -OCH3 is 1. The fraction of sp³-hybridized carbons (Fsp3) is 0.667. The van der Waals surface area contributed by atoms with E-state index in [1.54, 1.807) is 13.2 Å². The highest BCUT2D eigenvalue weighted by atomic mass is 19.1. The van der Waals surface area contributed by atoms with Gasteiger partial charge < -0.3 is 15.0 Å². The first kappa shape index (κ1) is 15.2. The van der Waals surface area contributed by atoms with E-state index in [0.29, 0.717) is 6.54 Å². The molecule has 112 valence electrons. The maximum absolute atomic E-state index is 13.5. The number of rotatable bonds is 4. The molecule has 0 aliphatic carbocycles. The van der Waals surface area contributed by atoms with Crippen LogP contribution in [0.25, 0.3) is 0 Å². The molecule has 5 heteroatoms. The number of anilines is 1. The zero-order chi connectivity index (χ0) is 14.8. The van der Waals surface area contributed by atoms with Crippen molar-refractivity contribution in [3.63, 3.8) is 0 Å². The van der Waals surface area contributed by atoms with Crippen LogP contribution in [-0.2, 0) is 11.3 Å². The number of nitrogens with zero attached hydrogens (tertiary/aromatic N) is 2. The van der Waals surface area contributed by atoms with Gasteiger partial charge in [0.2, 0.25) is 0 Å². The molecule has 2 heterocycles. The smallest absolute Gasteiger partial charge is 0.141 e. The van der Waals surface area contributed by atoms with Crippen molar-refractivity contribution >= 4 is 5.82 Å². The fourth-order valence-corrected chi connectivity index (χ4v) is 2.36. The molecular formula is C15H24FN3O. The number of hydrogen-bond donors (Lipinski definition) is 1. The van der Waals surface area contributed by atoms with Crippen molar-refractivity contribution in [2.24, 2.45) is 0 Å². The molecule has 1 fully saturated rings. The van der Waals surface area contributed by atoms with Crippen molar-refractivity contribution in [1.82, 2.24) is 10.3 Å². The third-order valence-corrected chi connectivity index (χ3v) is 3.50. The first-order chi connectivity index (χ1) is 9.39. The van der Waals surface area contributed by atoms with Gasteiger partial charge in [-0.1, -0.05) is 0 Å². The average Bonchev–Trinajstić information content (AvgIpc) is 2.84. The van der Waals surface area contributed by atoms with E-state index in [-0.39, 0.29) is 17.5 Å². The third-order valence-electron chi connectivity index (χ3n) is 3.50. The van der Waals surface area contributed by atoms with Crippen LogP contribution >= 0.6 is 0 Å². The van der Waals surface area contributed by atoms with E-state index < -0.39 is 0 Å². The Hall–Kier alpha value is -1.20. The van der Waals surface area contributed by atoms with Gasteiger partial charge in [-0.3, -0.25) is 0 Å². The summed E-state index contributed by atoms with van der Waals surface area (Å²) in [6, 6.07) is 1.57. The summed E-state index contributed by atoms with van der Waals surface area (Å²) in [5.74, 6) is 0.574. The summed E-state index contributed by atoms with van der Waals surface area (Å²) < 4.78 is 18.8. The first-order valence-electron chi connectivity index (χ1n) is 7.06. The molecule has 1 saturated heterocycles. The Balaban J connectivity index is 2.16. The topological polar surface area (TPSA) is 37.4 Å². The molecule has 1 atom stereocenters. The highest BCUT2D eigenvalue weighted by Gasteiger charge is 2.25. The number of nitrogens with one attached hydrogen (secondary N) is 1. The third kappa shape index (κ3) is 3.90. The van der Waals surface area contributed by atoms with Crippen molar-refractivity contribution < 1.29 is 9.13 Å². The second-order valence-corrected chi connectivity index (χ2v) is 6.33. The van der Waals surface area contributed by atoms with E-state index in [2.05, 4.69) is 36.0 Å². The number of hydrogen-bond acceptors (Lipinski definition) is 4. The highest BCUT2D eigenvalue weighted by molar-refractivity contribution is 5.48. The largest absolute Gasteiger partial charge is 0.380 e. The van der Waals surface area contributed by atoms with Gasteiger partial charge in [0.15, 0.2) is 0 Å². The molecular weight excluding hydrogens is 257 g/mol. The summed E-state index contributed by atoms with van der Waals surface area (Å²) in [7, 11) is 1.73. The van der Waals surface area contributed by atoms with Crippen LogP contribution in [0.5, 0.6) is 0 Å². The summed E-state index contributed by atoms with van der Waals surface area (Å²) in [5, 5.41) is 3.39. The minimum absolute atomic E-state index is 0.0103. The van der Waals surface area contributed by atoms with E-state index in [9.17, 15) is 4.39 Å². The molecule has 1 aromatic rings. The standard InChI is InChI=1S/C15H24FN3O/c1-15(2,3)18-8-11-7-12(16)9-17-14(11)19-6-5-13(10-19)20-4/h7,9,13,18H,5-6,8,10H2,1-4H3. The molecule has 0 radical (unpaired) electrons. The van der Waals surface area contributed by atoms with Crippen LogP contribution < -0.4 is 10.2 Å². The highest BCUT2D eigenvalue weighted by Crippen LogP contribution is 2.24. The van der Waals surface area contributed by atoms with Gasteiger partial charge in [0.05, 0.1) is 12.3 Å². The lowest BCUT2D eigenvalue weighted by Gasteiger charge is -2.24. The van der Waals surface area contributed by atoms with Gasteiger partial charge in [0, 0.05) is 37.8 Å². The molecule has 1 N–H and O–H groups in total. The van der Waals surface area contributed by atoms with Crippen molar-refractivity contribution in [1.29, 1.82) is 0 Å². The average molecular weight is 281 g/mol. The van der Waals surface area contributed by atoms with Crippen LogP contribution in [0.1, 0.15) is 32.8 Å². The second kappa shape index (κ2) is 6.06. The van der Waals surface area contributed by atoms with E-state index in [1.165, 1.54) is 6.20 Å². The lowest BCUT2D eigenvalue weighted by molar-refractivity contribution is 0.121. The SMILES string of the molecule is COC1CCN(c2ncc(F)cc2CNC(C)(C)C)C1. The van der Waals surface area contributed by atoms with Crippen molar-refractivity contribution in [2.75, 3.05) is 25.1 Å². The zero-order valence-electron chi connectivity index (χ0n) is 12.7. The van der Waals surface area contributed by atoms with Gasteiger partial charge in [-0.2, -0.15) is 0 Å². The predicted octanol–water partition coefficient (Wildman–Crippen LogP) is 2.33. The maximum atomic E-state index is 13.5. The van der Waals surface area contributed by atoms with E-state index in [0.717, 1.165) is 30.9 Å². The van der Waals surface area contributed by atoms with Crippen molar-refractivity contribution in [2.45, 2.75) is 45.4 Å². The maximum Gasteiger partial charge on any atom is 0.141 e. The molecule has 0 amide bonds. The number of ether oxygens (including phenoxy) is 1. The van der Waals surface area contributed by atoms with E-state index >= 15 is 0 Å². The van der Waals surface area contributed by atoms with Gasteiger partial charge >= 0.3 is 0 Å². The first-order valence-corrected chi connectivity index (χ1v) is 7.06. The van der Waals surface area contributed by atoms with Gasteiger partial charge in [-0.15, -0.1) is 0 Å². The van der Waals surface area contributed by atoms with Crippen molar-refractivity contribution in [3.8, 4) is 0 Å². The Labute approximate surface area is 120 Å². The Morgan fingerprint density at radius 1 is 1.50 bits per heavy atom. The Morgan fingerprint density at radius 2 is 2.25 bits per heavy atom. The van der Waals surface area contributed by atoms with E-state index in [1.807, 2.05) is 0 Å². The Morgan fingerprint density at radius 3 is 2.85 bits per heavy atom.